The van der Waals surface area contributed by atoms with E-state index in [9.17, 15) is 0 Å². The van der Waals surface area contributed by atoms with Crippen LogP contribution in [-0.2, 0) is 6.42 Å². The molecule has 2 rings (SSSR count). The molecule has 0 saturated heterocycles. The Morgan fingerprint density at radius 3 is 2.80 bits per heavy atom. The number of fused-ring (bicyclic) bond motifs is 1. The number of benzene rings is 1. The Morgan fingerprint density at radius 2 is 2.07 bits per heavy atom. The van der Waals surface area contributed by atoms with E-state index in [1.165, 1.54) is 16.5 Å². The number of hydrogen-bond donors (Lipinski definition) is 2. The van der Waals surface area contributed by atoms with Gasteiger partial charge in [0.1, 0.15) is 0 Å². The number of likely N-dealkylation sites (N-methyl/N-ethyl adjacent to an activating group) is 1. The number of para-hydroxylation sites is 1. The van der Waals surface area contributed by atoms with Crippen LogP contribution in [0.2, 0.25) is 0 Å². The fraction of sp³-hybridized carbons (Fsp3) is 0.385. The van der Waals surface area contributed by atoms with Gasteiger partial charge in [0, 0.05) is 23.1 Å². The molecule has 0 aliphatic rings. The highest BCUT2D eigenvalue weighted by Gasteiger charge is 2.05. The Balaban J connectivity index is 0.00000112. The van der Waals surface area contributed by atoms with Crippen LogP contribution in [0.15, 0.2) is 30.5 Å². The summed E-state index contributed by atoms with van der Waals surface area (Å²) in [6, 6.07) is 8.95. The molecule has 0 radical (unpaired) electrons. The number of nitrogens with one attached hydrogen (secondary N) is 2. The normalized spacial score (nSPS) is 12.4. The molecule has 0 spiro atoms. The molecule has 0 saturated carbocycles. The monoisotopic (exact) mass is 204 g/mol. The SMILES string of the molecule is C.CN[C@@H](C)Cc1c[nH]c2ccccc12. The van der Waals surface area contributed by atoms with Crippen LogP contribution in [0.25, 0.3) is 10.9 Å². The predicted molar refractivity (Wildman–Crippen MR) is 67.3 cm³/mol. The summed E-state index contributed by atoms with van der Waals surface area (Å²) in [5.41, 5.74) is 2.62. The summed E-state index contributed by atoms with van der Waals surface area (Å²) in [6.45, 7) is 2.20. The molecule has 15 heavy (non-hydrogen) atoms. The predicted octanol–water partition coefficient (Wildman–Crippen LogP) is 2.95. The summed E-state index contributed by atoms with van der Waals surface area (Å²) in [5, 5.41) is 4.60. The minimum Gasteiger partial charge on any atom is -0.361 e. The Morgan fingerprint density at radius 1 is 1.33 bits per heavy atom. The molecule has 1 atom stereocenters. The van der Waals surface area contributed by atoms with E-state index in [1.807, 2.05) is 7.05 Å². The van der Waals surface area contributed by atoms with Crippen molar-refractivity contribution in [1.82, 2.24) is 10.3 Å². The Bertz CT molecular complexity index is 417. The van der Waals surface area contributed by atoms with E-state index in [2.05, 4.69) is 47.7 Å². The molecule has 82 valence electrons. The summed E-state index contributed by atoms with van der Waals surface area (Å²) in [6.07, 6.45) is 3.18. The van der Waals surface area contributed by atoms with Crippen molar-refractivity contribution >= 4 is 10.9 Å². The smallest absolute Gasteiger partial charge is 0.0456 e. The maximum Gasteiger partial charge on any atom is 0.0456 e. The summed E-state index contributed by atoms with van der Waals surface area (Å²) in [7, 11) is 2.00. The van der Waals surface area contributed by atoms with Gasteiger partial charge in [-0.3, -0.25) is 0 Å². The van der Waals surface area contributed by atoms with Gasteiger partial charge in [-0.2, -0.15) is 0 Å². The third kappa shape index (κ3) is 2.39. The van der Waals surface area contributed by atoms with E-state index in [0.717, 1.165) is 6.42 Å². The fourth-order valence-corrected chi connectivity index (χ4v) is 1.73. The molecular formula is C13H20N2. The molecule has 0 fully saturated rings. The molecular weight excluding hydrogens is 184 g/mol. The van der Waals surface area contributed by atoms with E-state index in [4.69, 9.17) is 0 Å². The van der Waals surface area contributed by atoms with Crippen LogP contribution in [0.4, 0.5) is 0 Å². The Labute approximate surface area is 91.7 Å². The lowest BCUT2D eigenvalue weighted by Gasteiger charge is -2.08. The van der Waals surface area contributed by atoms with Crippen molar-refractivity contribution in [3.63, 3.8) is 0 Å². The van der Waals surface area contributed by atoms with Crippen LogP contribution in [0.1, 0.15) is 19.9 Å². The van der Waals surface area contributed by atoms with Crippen LogP contribution in [0, 0.1) is 0 Å². The second-order valence-electron chi connectivity index (χ2n) is 3.75. The maximum absolute atomic E-state index is 3.29. The van der Waals surface area contributed by atoms with Gasteiger partial charge in [0.2, 0.25) is 0 Å². The minimum absolute atomic E-state index is 0. The average molecular weight is 204 g/mol. The first-order chi connectivity index (χ1) is 6.81. The van der Waals surface area contributed by atoms with Gasteiger partial charge in [0.25, 0.3) is 0 Å². The topological polar surface area (TPSA) is 27.8 Å². The van der Waals surface area contributed by atoms with Gasteiger partial charge in [0.15, 0.2) is 0 Å². The summed E-state index contributed by atoms with van der Waals surface area (Å²) in [4.78, 5) is 3.29. The van der Waals surface area contributed by atoms with Crippen molar-refractivity contribution in [2.24, 2.45) is 0 Å². The molecule has 1 aromatic heterocycles. The van der Waals surface area contributed by atoms with Crippen molar-refractivity contribution in [2.45, 2.75) is 26.8 Å². The third-order valence-electron chi connectivity index (χ3n) is 2.69. The van der Waals surface area contributed by atoms with Crippen molar-refractivity contribution in [1.29, 1.82) is 0 Å². The average Bonchev–Trinajstić information content (AvgIpc) is 2.62. The Hall–Kier alpha value is -1.28. The molecule has 1 heterocycles. The van der Waals surface area contributed by atoms with Crippen LogP contribution < -0.4 is 5.32 Å². The Kier molecular flexibility index (Phi) is 3.92. The largest absolute Gasteiger partial charge is 0.361 e. The maximum atomic E-state index is 3.29. The molecule has 2 nitrogen and oxygen atoms in total. The highest BCUT2D eigenvalue weighted by Crippen LogP contribution is 2.18. The van der Waals surface area contributed by atoms with Gasteiger partial charge in [0.05, 0.1) is 0 Å². The molecule has 2 heteroatoms. The minimum atomic E-state index is 0. The van der Waals surface area contributed by atoms with Gasteiger partial charge in [-0.25, -0.2) is 0 Å². The molecule has 0 amide bonds. The number of aromatic amines is 1. The molecule has 1 aromatic carbocycles. The van der Waals surface area contributed by atoms with Gasteiger partial charge >= 0.3 is 0 Å². The highest BCUT2D eigenvalue weighted by molar-refractivity contribution is 5.83. The number of H-pyrrole nitrogens is 1. The van der Waals surface area contributed by atoms with E-state index in [0.29, 0.717) is 6.04 Å². The number of rotatable bonds is 3. The van der Waals surface area contributed by atoms with Crippen LogP contribution in [0.5, 0.6) is 0 Å². The quantitative estimate of drug-likeness (QED) is 0.790. The summed E-state index contributed by atoms with van der Waals surface area (Å²) >= 11 is 0. The zero-order chi connectivity index (χ0) is 9.97. The second-order valence-corrected chi connectivity index (χ2v) is 3.75. The van der Waals surface area contributed by atoms with Crippen molar-refractivity contribution < 1.29 is 0 Å². The lowest BCUT2D eigenvalue weighted by Crippen LogP contribution is -2.23. The zero-order valence-corrected chi connectivity index (χ0v) is 8.67. The third-order valence-corrected chi connectivity index (χ3v) is 2.69. The first-order valence-electron chi connectivity index (χ1n) is 5.03. The first kappa shape index (κ1) is 11.8. The summed E-state index contributed by atoms with van der Waals surface area (Å²) in [5.74, 6) is 0. The van der Waals surface area contributed by atoms with Crippen LogP contribution in [0.3, 0.4) is 0 Å². The van der Waals surface area contributed by atoms with Crippen LogP contribution >= 0.6 is 0 Å². The highest BCUT2D eigenvalue weighted by atomic mass is 14.8. The molecule has 0 aliphatic heterocycles. The molecule has 2 N–H and O–H groups in total. The summed E-state index contributed by atoms with van der Waals surface area (Å²) < 4.78 is 0. The zero-order valence-electron chi connectivity index (χ0n) is 8.67. The van der Waals surface area contributed by atoms with E-state index < -0.39 is 0 Å². The van der Waals surface area contributed by atoms with Crippen LogP contribution in [-0.4, -0.2) is 18.1 Å². The van der Waals surface area contributed by atoms with Gasteiger partial charge in [-0.05, 0) is 32.0 Å². The van der Waals surface area contributed by atoms with E-state index in [-0.39, 0.29) is 7.43 Å². The standard InChI is InChI=1S/C12H16N2.CH4/c1-9(13-2)7-10-8-14-12-6-4-3-5-11(10)12;/h3-6,8-9,13-14H,7H2,1-2H3;1H4/t9-;/m0./s1. The van der Waals surface area contributed by atoms with Crippen molar-refractivity contribution in [2.75, 3.05) is 7.05 Å². The molecule has 0 unspecified atom stereocenters. The lowest BCUT2D eigenvalue weighted by molar-refractivity contribution is 0.610. The molecule has 2 aromatic rings. The molecule has 0 bridgehead atoms. The fourth-order valence-electron chi connectivity index (χ4n) is 1.73. The van der Waals surface area contributed by atoms with Crippen molar-refractivity contribution in [3.8, 4) is 0 Å². The first-order valence-corrected chi connectivity index (χ1v) is 5.03. The van der Waals surface area contributed by atoms with Gasteiger partial charge in [-0.1, -0.05) is 25.6 Å². The van der Waals surface area contributed by atoms with Gasteiger partial charge < -0.3 is 10.3 Å². The van der Waals surface area contributed by atoms with Crippen molar-refractivity contribution in [3.05, 3.63) is 36.0 Å². The van der Waals surface area contributed by atoms with E-state index >= 15 is 0 Å². The second kappa shape index (κ2) is 4.99. The van der Waals surface area contributed by atoms with Gasteiger partial charge in [-0.15, -0.1) is 0 Å². The lowest BCUT2D eigenvalue weighted by atomic mass is 10.1. The van der Waals surface area contributed by atoms with E-state index in [1.54, 1.807) is 0 Å². The molecule has 0 aliphatic carbocycles. The number of aromatic nitrogens is 1. The number of hydrogen-bond acceptors (Lipinski definition) is 1.